The largest absolute Gasteiger partial charge is 0.351 e. The number of halogens is 1. The molecule has 1 N–H and O–H groups in total. The van der Waals surface area contributed by atoms with Crippen molar-refractivity contribution in [2.75, 3.05) is 26.2 Å². The SMILES string of the molecule is O=C(NCCN1CCCCC1)c1ccc([N+](=O)[O-])c(F)c1. The third-order valence-corrected chi connectivity index (χ3v) is 3.57. The van der Waals surface area contributed by atoms with Gasteiger partial charge in [0.15, 0.2) is 0 Å². The number of hydrogen-bond donors (Lipinski definition) is 1. The minimum Gasteiger partial charge on any atom is -0.351 e. The minimum atomic E-state index is -0.997. The van der Waals surface area contributed by atoms with Crippen molar-refractivity contribution in [2.24, 2.45) is 0 Å². The summed E-state index contributed by atoms with van der Waals surface area (Å²) >= 11 is 0. The lowest BCUT2D eigenvalue weighted by Gasteiger charge is -2.26. The van der Waals surface area contributed by atoms with Crippen LogP contribution in [0, 0.1) is 15.9 Å². The molecule has 0 aliphatic carbocycles. The predicted molar refractivity (Wildman–Crippen MR) is 75.7 cm³/mol. The van der Waals surface area contributed by atoms with Crippen molar-refractivity contribution in [3.8, 4) is 0 Å². The van der Waals surface area contributed by atoms with Gasteiger partial charge in [-0.3, -0.25) is 14.9 Å². The van der Waals surface area contributed by atoms with Gasteiger partial charge in [-0.15, -0.1) is 0 Å². The van der Waals surface area contributed by atoms with Crippen molar-refractivity contribution in [2.45, 2.75) is 19.3 Å². The van der Waals surface area contributed by atoms with E-state index >= 15 is 0 Å². The molecule has 0 saturated carbocycles. The molecule has 1 fully saturated rings. The summed E-state index contributed by atoms with van der Waals surface area (Å²) in [5, 5.41) is 13.2. The van der Waals surface area contributed by atoms with Crippen LogP contribution < -0.4 is 5.32 Å². The van der Waals surface area contributed by atoms with Gasteiger partial charge < -0.3 is 10.2 Å². The number of carbonyl (C=O) groups excluding carboxylic acids is 1. The van der Waals surface area contributed by atoms with Crippen molar-refractivity contribution in [3.05, 3.63) is 39.7 Å². The molecule has 0 bridgehead atoms. The molecule has 0 unspecified atom stereocenters. The van der Waals surface area contributed by atoms with E-state index in [2.05, 4.69) is 10.2 Å². The van der Waals surface area contributed by atoms with Gasteiger partial charge in [-0.05, 0) is 38.1 Å². The molecule has 0 atom stereocenters. The maximum absolute atomic E-state index is 13.4. The lowest BCUT2D eigenvalue weighted by atomic mass is 10.1. The first-order valence-corrected chi connectivity index (χ1v) is 7.02. The topological polar surface area (TPSA) is 75.5 Å². The molecule has 1 aromatic carbocycles. The monoisotopic (exact) mass is 295 g/mol. The highest BCUT2D eigenvalue weighted by atomic mass is 19.1. The van der Waals surface area contributed by atoms with Crippen LogP contribution in [0.3, 0.4) is 0 Å². The molecule has 1 heterocycles. The van der Waals surface area contributed by atoms with E-state index in [1.807, 2.05) is 0 Å². The summed E-state index contributed by atoms with van der Waals surface area (Å²) in [5.41, 5.74) is -0.531. The highest BCUT2D eigenvalue weighted by molar-refractivity contribution is 5.94. The fraction of sp³-hybridized carbons (Fsp3) is 0.500. The number of hydrogen-bond acceptors (Lipinski definition) is 4. The fourth-order valence-electron chi connectivity index (χ4n) is 2.41. The summed E-state index contributed by atoms with van der Waals surface area (Å²) in [5.74, 6) is -1.41. The van der Waals surface area contributed by atoms with Gasteiger partial charge in [-0.1, -0.05) is 6.42 Å². The van der Waals surface area contributed by atoms with E-state index in [0.29, 0.717) is 6.54 Å². The Kier molecular flexibility index (Phi) is 5.21. The van der Waals surface area contributed by atoms with Gasteiger partial charge in [0.2, 0.25) is 5.82 Å². The van der Waals surface area contributed by atoms with E-state index < -0.39 is 22.3 Å². The number of nitrogens with zero attached hydrogens (tertiary/aromatic N) is 2. The Morgan fingerprint density at radius 3 is 2.67 bits per heavy atom. The Bertz CT molecular complexity index is 530. The molecule has 6 nitrogen and oxygen atoms in total. The summed E-state index contributed by atoms with van der Waals surface area (Å²) in [7, 11) is 0. The molecule has 0 aromatic heterocycles. The molecule has 1 aliphatic heterocycles. The normalized spacial score (nSPS) is 15.7. The Morgan fingerprint density at radius 2 is 2.05 bits per heavy atom. The Morgan fingerprint density at radius 1 is 1.33 bits per heavy atom. The van der Waals surface area contributed by atoms with E-state index in [4.69, 9.17) is 0 Å². The molecular weight excluding hydrogens is 277 g/mol. The molecule has 1 aromatic rings. The van der Waals surface area contributed by atoms with Crippen LogP contribution in [0.25, 0.3) is 0 Å². The molecule has 2 rings (SSSR count). The van der Waals surface area contributed by atoms with E-state index in [1.165, 1.54) is 25.3 Å². The first-order valence-electron chi connectivity index (χ1n) is 7.02. The summed E-state index contributed by atoms with van der Waals surface area (Å²) in [4.78, 5) is 23.8. The summed E-state index contributed by atoms with van der Waals surface area (Å²) in [6.45, 7) is 3.34. The quantitative estimate of drug-likeness (QED) is 0.665. The van der Waals surface area contributed by atoms with Crippen molar-refractivity contribution in [1.29, 1.82) is 0 Å². The lowest BCUT2D eigenvalue weighted by Crippen LogP contribution is -2.37. The Hall–Kier alpha value is -2.02. The first kappa shape index (κ1) is 15.4. The number of amides is 1. The highest BCUT2D eigenvalue weighted by Crippen LogP contribution is 2.17. The molecule has 1 amide bonds. The van der Waals surface area contributed by atoms with Gasteiger partial charge in [-0.25, -0.2) is 0 Å². The zero-order valence-electron chi connectivity index (χ0n) is 11.7. The Labute approximate surface area is 122 Å². The summed E-state index contributed by atoms with van der Waals surface area (Å²) in [6.07, 6.45) is 3.62. The van der Waals surface area contributed by atoms with E-state index in [9.17, 15) is 19.3 Å². The second-order valence-corrected chi connectivity index (χ2v) is 5.08. The molecule has 114 valence electrons. The predicted octanol–water partition coefficient (Wildman–Crippen LogP) is 1.95. The number of rotatable bonds is 5. The number of carbonyl (C=O) groups is 1. The van der Waals surface area contributed by atoms with Gasteiger partial charge in [0, 0.05) is 24.7 Å². The molecule has 1 saturated heterocycles. The molecule has 0 spiro atoms. The second-order valence-electron chi connectivity index (χ2n) is 5.08. The van der Waals surface area contributed by atoms with Gasteiger partial charge in [0.1, 0.15) is 0 Å². The molecule has 21 heavy (non-hydrogen) atoms. The fourth-order valence-corrected chi connectivity index (χ4v) is 2.41. The van der Waals surface area contributed by atoms with Crippen LogP contribution in [0.1, 0.15) is 29.6 Å². The minimum absolute atomic E-state index is 0.0942. The number of nitrogens with one attached hydrogen (secondary N) is 1. The highest BCUT2D eigenvalue weighted by Gasteiger charge is 2.17. The van der Waals surface area contributed by atoms with E-state index in [1.54, 1.807) is 0 Å². The zero-order valence-corrected chi connectivity index (χ0v) is 11.7. The van der Waals surface area contributed by atoms with Crippen LogP contribution >= 0.6 is 0 Å². The third-order valence-electron chi connectivity index (χ3n) is 3.57. The molecule has 1 aliphatic rings. The standard InChI is InChI=1S/C14H18FN3O3/c15-12-10-11(4-5-13(12)18(20)21)14(19)16-6-9-17-7-2-1-3-8-17/h4-5,10H,1-3,6-9H2,(H,16,19). The first-order chi connectivity index (χ1) is 10.1. The van der Waals surface area contributed by atoms with Crippen LogP contribution in [0.15, 0.2) is 18.2 Å². The van der Waals surface area contributed by atoms with E-state index in [0.717, 1.165) is 31.8 Å². The third kappa shape index (κ3) is 4.22. The van der Waals surface area contributed by atoms with Crippen molar-refractivity contribution < 1.29 is 14.1 Å². The van der Waals surface area contributed by atoms with Crippen LogP contribution in [0.5, 0.6) is 0 Å². The number of piperidine rings is 1. The van der Waals surface area contributed by atoms with Gasteiger partial charge in [-0.2, -0.15) is 4.39 Å². The number of likely N-dealkylation sites (tertiary alicyclic amines) is 1. The Balaban J connectivity index is 1.85. The smallest absolute Gasteiger partial charge is 0.304 e. The van der Waals surface area contributed by atoms with Gasteiger partial charge in [0.25, 0.3) is 5.91 Å². The average molecular weight is 295 g/mol. The molecular formula is C14H18FN3O3. The van der Waals surface area contributed by atoms with Crippen molar-refractivity contribution >= 4 is 11.6 Å². The molecule has 0 radical (unpaired) electrons. The van der Waals surface area contributed by atoms with Crippen molar-refractivity contribution in [3.63, 3.8) is 0 Å². The number of nitro benzene ring substituents is 1. The van der Waals surface area contributed by atoms with Crippen molar-refractivity contribution in [1.82, 2.24) is 10.2 Å². The second kappa shape index (κ2) is 7.12. The zero-order chi connectivity index (χ0) is 15.2. The maximum Gasteiger partial charge on any atom is 0.304 e. The number of nitro groups is 1. The molecule has 7 heteroatoms. The average Bonchev–Trinajstić information content (AvgIpc) is 2.47. The van der Waals surface area contributed by atoms with Crippen LogP contribution in [0.2, 0.25) is 0 Å². The summed E-state index contributed by atoms with van der Waals surface area (Å²) < 4.78 is 13.4. The van der Waals surface area contributed by atoms with Crippen LogP contribution in [-0.4, -0.2) is 41.9 Å². The maximum atomic E-state index is 13.4. The van der Waals surface area contributed by atoms with E-state index in [-0.39, 0.29) is 5.56 Å². The van der Waals surface area contributed by atoms with Gasteiger partial charge in [0.05, 0.1) is 4.92 Å². The van der Waals surface area contributed by atoms with Gasteiger partial charge >= 0.3 is 5.69 Å². The number of benzene rings is 1. The lowest BCUT2D eigenvalue weighted by molar-refractivity contribution is -0.387. The van der Waals surface area contributed by atoms with Crippen LogP contribution in [-0.2, 0) is 0 Å². The van der Waals surface area contributed by atoms with Crippen LogP contribution in [0.4, 0.5) is 10.1 Å². The summed E-state index contributed by atoms with van der Waals surface area (Å²) in [6, 6.07) is 3.17.